The number of ketones is 1. The van der Waals surface area contributed by atoms with Crippen LogP contribution in [0.5, 0.6) is 5.75 Å². The van der Waals surface area contributed by atoms with Crippen molar-refractivity contribution in [3.63, 3.8) is 0 Å². The van der Waals surface area contributed by atoms with E-state index in [1.807, 2.05) is 26.8 Å². The van der Waals surface area contributed by atoms with Gasteiger partial charge in [0.05, 0.1) is 0 Å². The average molecular weight is 312 g/mol. The molecule has 0 fully saturated rings. The third-order valence-electron chi connectivity index (χ3n) is 3.82. The van der Waals surface area contributed by atoms with Crippen LogP contribution in [0.4, 0.5) is 0 Å². The van der Waals surface area contributed by atoms with E-state index in [0.29, 0.717) is 5.76 Å². The van der Waals surface area contributed by atoms with Crippen LogP contribution in [0.1, 0.15) is 52.2 Å². The monoisotopic (exact) mass is 312 g/mol. The van der Waals surface area contributed by atoms with Crippen molar-refractivity contribution < 1.29 is 9.53 Å². The first-order chi connectivity index (χ1) is 11.0. The molecule has 1 aromatic rings. The quantitative estimate of drug-likeness (QED) is 0.711. The second kappa shape index (κ2) is 9.14. The molecule has 0 aliphatic heterocycles. The van der Waals surface area contributed by atoms with Gasteiger partial charge in [-0.2, -0.15) is 0 Å². The molecular weight excluding hydrogens is 284 g/mol. The van der Waals surface area contributed by atoms with Crippen LogP contribution in [-0.4, -0.2) is 5.78 Å². The van der Waals surface area contributed by atoms with Crippen LogP contribution < -0.4 is 4.74 Å². The van der Waals surface area contributed by atoms with Gasteiger partial charge in [-0.15, -0.1) is 0 Å². The van der Waals surface area contributed by atoms with E-state index < -0.39 is 0 Å². The lowest BCUT2D eigenvalue weighted by Crippen LogP contribution is -2.08. The van der Waals surface area contributed by atoms with Crippen molar-refractivity contribution in [3.8, 4) is 5.75 Å². The summed E-state index contributed by atoms with van der Waals surface area (Å²) in [6.45, 7) is 12.3. The topological polar surface area (TPSA) is 26.3 Å². The highest BCUT2D eigenvalue weighted by molar-refractivity contribution is 6.02. The smallest absolute Gasteiger partial charge is 0.182 e. The zero-order valence-corrected chi connectivity index (χ0v) is 15.2. The van der Waals surface area contributed by atoms with Crippen molar-refractivity contribution in [1.82, 2.24) is 0 Å². The molecule has 124 valence electrons. The van der Waals surface area contributed by atoms with E-state index in [2.05, 4.69) is 39.0 Å². The van der Waals surface area contributed by atoms with Gasteiger partial charge < -0.3 is 4.74 Å². The van der Waals surface area contributed by atoms with Gasteiger partial charge in [0, 0.05) is 11.6 Å². The molecule has 0 atom stereocenters. The minimum Gasteiger partial charge on any atom is -0.456 e. The molecule has 0 radical (unpaired) electrons. The molecule has 1 aliphatic rings. The molecule has 2 nitrogen and oxygen atoms in total. The number of carbonyl (C=O) groups excluding carboxylic acids is 1. The first kappa shape index (κ1) is 19.0. The Kier molecular flexibility index (Phi) is 7.53. The molecule has 1 aliphatic carbocycles. The summed E-state index contributed by atoms with van der Waals surface area (Å²) in [6, 6.07) is 6.22. The molecule has 0 saturated heterocycles. The fourth-order valence-electron chi connectivity index (χ4n) is 2.22. The van der Waals surface area contributed by atoms with Crippen LogP contribution in [-0.2, 0) is 11.2 Å². The summed E-state index contributed by atoms with van der Waals surface area (Å²) in [6.07, 6.45) is 6.92. The van der Waals surface area contributed by atoms with Crippen LogP contribution in [0.25, 0.3) is 0 Å². The summed E-state index contributed by atoms with van der Waals surface area (Å²) in [5.74, 6) is 1.45. The SMILES string of the molecule is CC.CC/C(C)=C1\C=CC(=O)C=C1Oc1cc(CC)ccc1C. The normalized spacial score (nSPS) is 15.6. The number of hydrogen-bond acceptors (Lipinski definition) is 2. The number of allylic oxidation sites excluding steroid dienone is 4. The van der Waals surface area contributed by atoms with Gasteiger partial charge in [0.25, 0.3) is 0 Å². The second-order valence-corrected chi connectivity index (χ2v) is 5.35. The number of aryl methyl sites for hydroxylation is 2. The average Bonchev–Trinajstić information content (AvgIpc) is 2.58. The Labute approximate surface area is 140 Å². The van der Waals surface area contributed by atoms with Gasteiger partial charge in [-0.25, -0.2) is 0 Å². The van der Waals surface area contributed by atoms with Gasteiger partial charge in [-0.3, -0.25) is 4.79 Å². The van der Waals surface area contributed by atoms with Gasteiger partial charge in [0.15, 0.2) is 5.78 Å². The molecule has 0 amide bonds. The highest BCUT2D eigenvalue weighted by Crippen LogP contribution is 2.28. The van der Waals surface area contributed by atoms with E-state index >= 15 is 0 Å². The van der Waals surface area contributed by atoms with Crippen molar-refractivity contribution in [1.29, 1.82) is 0 Å². The number of ether oxygens (including phenoxy) is 1. The van der Waals surface area contributed by atoms with E-state index in [4.69, 9.17) is 4.74 Å². The van der Waals surface area contributed by atoms with Crippen molar-refractivity contribution in [2.75, 3.05) is 0 Å². The van der Waals surface area contributed by atoms with Crippen LogP contribution in [0.3, 0.4) is 0 Å². The minimum atomic E-state index is -0.0260. The maximum Gasteiger partial charge on any atom is 0.182 e. The Morgan fingerprint density at radius 3 is 2.43 bits per heavy atom. The Balaban J connectivity index is 0.00000127. The van der Waals surface area contributed by atoms with Crippen molar-refractivity contribution in [2.45, 2.75) is 54.4 Å². The molecule has 23 heavy (non-hydrogen) atoms. The first-order valence-corrected chi connectivity index (χ1v) is 8.46. The zero-order valence-electron chi connectivity index (χ0n) is 15.2. The number of benzene rings is 1. The van der Waals surface area contributed by atoms with Crippen LogP contribution in [0.15, 0.2) is 53.3 Å². The second-order valence-electron chi connectivity index (χ2n) is 5.35. The fourth-order valence-corrected chi connectivity index (χ4v) is 2.22. The van der Waals surface area contributed by atoms with Crippen LogP contribution >= 0.6 is 0 Å². The molecule has 0 saturated carbocycles. The molecule has 2 heteroatoms. The molecule has 0 spiro atoms. The molecule has 1 aromatic carbocycles. The van der Waals surface area contributed by atoms with Gasteiger partial charge in [0.1, 0.15) is 11.5 Å². The molecule has 2 rings (SSSR count). The van der Waals surface area contributed by atoms with E-state index in [0.717, 1.165) is 29.7 Å². The highest BCUT2D eigenvalue weighted by atomic mass is 16.5. The van der Waals surface area contributed by atoms with Crippen LogP contribution in [0, 0.1) is 6.92 Å². The Hall–Kier alpha value is -2.09. The molecule has 0 unspecified atom stereocenters. The predicted octanol–water partition coefficient (Wildman–Crippen LogP) is 5.71. The maximum atomic E-state index is 11.7. The lowest BCUT2D eigenvalue weighted by Gasteiger charge is -2.17. The summed E-state index contributed by atoms with van der Waals surface area (Å²) in [5, 5.41) is 0. The summed E-state index contributed by atoms with van der Waals surface area (Å²) >= 11 is 0. The first-order valence-electron chi connectivity index (χ1n) is 8.46. The summed E-state index contributed by atoms with van der Waals surface area (Å²) in [5.41, 5.74) is 4.53. The summed E-state index contributed by atoms with van der Waals surface area (Å²) < 4.78 is 6.07. The Bertz CT molecular complexity index is 646. The van der Waals surface area contributed by atoms with Crippen LogP contribution in [0.2, 0.25) is 0 Å². The standard InChI is InChI=1S/C19H22O2.C2H6/c1-5-13(3)17-10-9-16(20)12-19(17)21-18-11-15(6-2)8-7-14(18)4;1-2/h7-12H,5-6H2,1-4H3;1-2H3/b17-13+;. The van der Waals surface area contributed by atoms with E-state index in [9.17, 15) is 4.79 Å². The largest absolute Gasteiger partial charge is 0.456 e. The van der Waals surface area contributed by atoms with Crippen molar-refractivity contribution in [2.24, 2.45) is 0 Å². The highest BCUT2D eigenvalue weighted by Gasteiger charge is 2.15. The van der Waals surface area contributed by atoms with Crippen molar-refractivity contribution in [3.05, 3.63) is 64.5 Å². The van der Waals surface area contributed by atoms with Crippen molar-refractivity contribution >= 4 is 5.78 Å². The fraction of sp³-hybridized carbons (Fsp3) is 0.381. The predicted molar refractivity (Wildman–Crippen MR) is 97.8 cm³/mol. The number of rotatable bonds is 4. The lowest BCUT2D eigenvalue weighted by molar-refractivity contribution is -0.110. The third kappa shape index (κ3) is 4.95. The summed E-state index contributed by atoms with van der Waals surface area (Å²) in [7, 11) is 0. The number of hydrogen-bond donors (Lipinski definition) is 0. The third-order valence-corrected chi connectivity index (χ3v) is 3.82. The van der Waals surface area contributed by atoms with Gasteiger partial charge >= 0.3 is 0 Å². The summed E-state index contributed by atoms with van der Waals surface area (Å²) in [4.78, 5) is 11.7. The molecular formula is C21H28O2. The molecule has 0 heterocycles. The number of carbonyl (C=O) groups is 1. The molecule has 0 aromatic heterocycles. The van der Waals surface area contributed by atoms with Gasteiger partial charge in [-0.1, -0.05) is 45.4 Å². The van der Waals surface area contributed by atoms with E-state index in [-0.39, 0.29) is 5.78 Å². The Morgan fingerprint density at radius 1 is 1.13 bits per heavy atom. The van der Waals surface area contributed by atoms with E-state index in [1.165, 1.54) is 11.1 Å². The van der Waals surface area contributed by atoms with E-state index in [1.54, 1.807) is 12.2 Å². The zero-order chi connectivity index (χ0) is 17.4. The Morgan fingerprint density at radius 2 is 1.83 bits per heavy atom. The minimum absolute atomic E-state index is 0.0260. The maximum absolute atomic E-state index is 11.7. The van der Waals surface area contributed by atoms with Gasteiger partial charge in [0.2, 0.25) is 0 Å². The lowest BCUT2D eigenvalue weighted by atomic mass is 10.00. The molecule has 0 N–H and O–H groups in total. The molecule has 0 bridgehead atoms. The van der Waals surface area contributed by atoms with Gasteiger partial charge in [-0.05, 0) is 56.0 Å².